The number of hydrogen-bond donors (Lipinski definition) is 2. The maximum absolute atomic E-state index is 14.1. The number of nitrogen functional groups attached to an aromatic ring is 1. The summed E-state index contributed by atoms with van der Waals surface area (Å²) in [4.78, 5) is 25.3. The zero-order chi connectivity index (χ0) is 27.5. The largest absolute Gasteiger partial charge is 0.410 e. The summed E-state index contributed by atoms with van der Waals surface area (Å²) < 4.78 is 0. The lowest BCUT2D eigenvalue weighted by molar-refractivity contribution is -0.137. The van der Waals surface area contributed by atoms with Crippen molar-refractivity contribution in [2.75, 3.05) is 5.73 Å². The molecular formula is C30H22N6O3S. The molecule has 10 heteroatoms. The molecule has 0 aliphatic heterocycles. The predicted octanol–water partition coefficient (Wildman–Crippen LogP) is 4.96. The normalized spacial score (nSPS) is 11.9. The Labute approximate surface area is 232 Å². The first-order chi connectivity index (χ1) is 19.6. The first-order valence-electron chi connectivity index (χ1n) is 12.3. The minimum Gasteiger partial charge on any atom is -0.410 e. The topological polar surface area (TPSA) is 129 Å². The van der Waals surface area contributed by atoms with Crippen LogP contribution in [0.5, 0.6) is 0 Å². The number of carbonyl (C=O) groups is 1. The summed E-state index contributed by atoms with van der Waals surface area (Å²) >= 11 is 1.31. The number of anilines is 1. The number of rotatable bonds is 7. The first-order valence-corrected chi connectivity index (χ1v) is 13.2. The van der Waals surface area contributed by atoms with Gasteiger partial charge in [0.1, 0.15) is 11.0 Å². The van der Waals surface area contributed by atoms with Crippen LogP contribution in [0.1, 0.15) is 16.7 Å². The van der Waals surface area contributed by atoms with Gasteiger partial charge in [-0.1, -0.05) is 107 Å². The van der Waals surface area contributed by atoms with E-state index in [1.165, 1.54) is 11.3 Å². The van der Waals surface area contributed by atoms with Gasteiger partial charge in [0.2, 0.25) is 0 Å². The van der Waals surface area contributed by atoms with E-state index in [1.54, 1.807) is 18.2 Å². The Morgan fingerprint density at radius 1 is 0.875 bits per heavy atom. The third kappa shape index (κ3) is 4.16. The fraction of sp³-hybridized carbons (Fsp3) is 0.0333. The highest BCUT2D eigenvalue weighted by atomic mass is 32.1. The molecule has 0 bridgehead atoms. The molecule has 0 aliphatic carbocycles. The van der Waals surface area contributed by atoms with Crippen molar-refractivity contribution in [1.82, 2.24) is 20.1 Å². The molecule has 0 amide bonds. The Morgan fingerprint density at radius 3 is 2.15 bits per heavy atom. The van der Waals surface area contributed by atoms with Crippen molar-refractivity contribution in [3.05, 3.63) is 131 Å². The fourth-order valence-corrected chi connectivity index (χ4v) is 5.57. The standard InChI is InChI=1S/C30H22N6O3S/c31-29-32-25(19-40-29)22-15-7-8-16-23(22)30(20-11-3-1-4-12-20,21-13-5-2-6-14-21)27(34-38)28(37)39-36-26-18-10-9-17-24(26)33-35-36/h1-19,38H,(H2,31,32). The molecule has 0 saturated carbocycles. The maximum atomic E-state index is 14.1. The fourth-order valence-electron chi connectivity index (χ4n) is 5.01. The van der Waals surface area contributed by atoms with Crippen molar-refractivity contribution >= 4 is 39.2 Å². The van der Waals surface area contributed by atoms with Gasteiger partial charge >= 0.3 is 5.97 Å². The lowest BCUT2D eigenvalue weighted by atomic mass is 9.64. The highest BCUT2D eigenvalue weighted by Gasteiger charge is 2.48. The highest BCUT2D eigenvalue weighted by molar-refractivity contribution is 7.13. The lowest BCUT2D eigenvalue weighted by Crippen LogP contribution is -2.46. The van der Waals surface area contributed by atoms with Crippen LogP contribution < -0.4 is 10.6 Å². The van der Waals surface area contributed by atoms with Gasteiger partial charge in [-0.15, -0.1) is 16.4 Å². The second kappa shape index (κ2) is 10.4. The van der Waals surface area contributed by atoms with Crippen LogP contribution in [-0.2, 0) is 10.2 Å². The first kappa shape index (κ1) is 25.0. The van der Waals surface area contributed by atoms with Crippen molar-refractivity contribution in [3.63, 3.8) is 0 Å². The Hall–Kier alpha value is -5.35. The van der Waals surface area contributed by atoms with E-state index in [9.17, 15) is 10.0 Å². The molecular weight excluding hydrogens is 524 g/mol. The smallest absolute Gasteiger partial charge is 0.384 e. The van der Waals surface area contributed by atoms with E-state index >= 15 is 0 Å². The van der Waals surface area contributed by atoms with Gasteiger partial charge < -0.3 is 15.8 Å². The SMILES string of the molecule is Nc1nc(-c2ccccc2C(C(=NO)C(=O)On2nnc3ccccc32)(c2ccccc2)c2ccccc2)cs1. The summed E-state index contributed by atoms with van der Waals surface area (Å²) in [6.07, 6.45) is 0. The van der Waals surface area contributed by atoms with Crippen molar-refractivity contribution in [2.24, 2.45) is 5.16 Å². The quantitative estimate of drug-likeness (QED) is 0.0952. The summed E-state index contributed by atoms with van der Waals surface area (Å²) in [5, 5.41) is 24.6. The van der Waals surface area contributed by atoms with Gasteiger partial charge in [-0.25, -0.2) is 9.78 Å². The molecule has 0 fully saturated rings. The van der Waals surface area contributed by atoms with Gasteiger partial charge in [0.15, 0.2) is 10.8 Å². The molecule has 9 nitrogen and oxygen atoms in total. The number of nitrogens with zero attached hydrogens (tertiary/aromatic N) is 5. The molecule has 6 aromatic rings. The zero-order valence-electron chi connectivity index (χ0n) is 21.0. The zero-order valence-corrected chi connectivity index (χ0v) is 21.8. The van der Waals surface area contributed by atoms with E-state index in [4.69, 9.17) is 10.6 Å². The van der Waals surface area contributed by atoms with Crippen LogP contribution in [-0.4, -0.2) is 37.0 Å². The molecule has 0 radical (unpaired) electrons. The van der Waals surface area contributed by atoms with Crippen LogP contribution in [0.25, 0.3) is 22.3 Å². The highest BCUT2D eigenvalue weighted by Crippen LogP contribution is 2.45. The van der Waals surface area contributed by atoms with Gasteiger partial charge in [-0.2, -0.15) is 0 Å². The molecule has 0 saturated heterocycles. The number of para-hydroxylation sites is 1. The minimum atomic E-state index is -1.43. The number of nitrogens with two attached hydrogens (primary N) is 1. The second-order valence-electron chi connectivity index (χ2n) is 8.88. The third-order valence-corrected chi connectivity index (χ3v) is 7.36. The molecule has 196 valence electrons. The van der Waals surface area contributed by atoms with Crippen LogP contribution in [0, 0.1) is 0 Å². The van der Waals surface area contributed by atoms with Gasteiger partial charge in [0, 0.05) is 10.9 Å². The van der Waals surface area contributed by atoms with Gasteiger partial charge in [0.25, 0.3) is 0 Å². The minimum absolute atomic E-state index is 0.278. The summed E-state index contributed by atoms with van der Waals surface area (Å²) in [7, 11) is 0. The number of fused-ring (bicyclic) bond motifs is 1. The Balaban J connectivity index is 1.63. The van der Waals surface area contributed by atoms with Crippen molar-refractivity contribution < 1.29 is 14.8 Å². The Morgan fingerprint density at radius 2 is 1.50 bits per heavy atom. The molecule has 0 atom stereocenters. The van der Waals surface area contributed by atoms with Gasteiger partial charge in [-0.05, 0) is 34.0 Å². The summed E-state index contributed by atoms with van der Waals surface area (Å²) in [6.45, 7) is 0. The Kier molecular flexibility index (Phi) is 6.51. The van der Waals surface area contributed by atoms with Gasteiger partial charge in [0.05, 0.1) is 11.1 Å². The summed E-state index contributed by atoms with van der Waals surface area (Å²) in [5.74, 6) is -0.918. The van der Waals surface area contributed by atoms with E-state index in [0.717, 1.165) is 4.85 Å². The van der Waals surface area contributed by atoms with Crippen molar-refractivity contribution in [3.8, 4) is 11.3 Å². The average molecular weight is 547 g/mol. The van der Waals surface area contributed by atoms with Crippen LogP contribution >= 0.6 is 11.3 Å². The molecule has 2 aromatic heterocycles. The van der Waals surface area contributed by atoms with Crippen LogP contribution in [0.3, 0.4) is 0 Å². The van der Waals surface area contributed by atoms with E-state index in [-0.39, 0.29) is 5.71 Å². The molecule has 2 heterocycles. The van der Waals surface area contributed by atoms with E-state index < -0.39 is 11.4 Å². The van der Waals surface area contributed by atoms with E-state index in [2.05, 4.69) is 20.5 Å². The van der Waals surface area contributed by atoms with Crippen LogP contribution in [0.15, 0.2) is 120 Å². The monoisotopic (exact) mass is 546 g/mol. The summed E-state index contributed by atoms with van der Waals surface area (Å²) in [6, 6.07) is 33.3. The third-order valence-electron chi connectivity index (χ3n) is 6.68. The number of benzene rings is 4. The Bertz CT molecular complexity index is 1790. The van der Waals surface area contributed by atoms with E-state index in [0.29, 0.717) is 44.1 Å². The molecule has 6 rings (SSSR count). The molecule has 40 heavy (non-hydrogen) atoms. The number of thiazole rings is 1. The predicted molar refractivity (Wildman–Crippen MR) is 153 cm³/mol. The number of hydrogen-bond acceptors (Lipinski definition) is 9. The lowest BCUT2D eigenvalue weighted by Gasteiger charge is -2.36. The van der Waals surface area contributed by atoms with Crippen LogP contribution in [0.4, 0.5) is 5.13 Å². The molecule has 0 unspecified atom stereocenters. The average Bonchev–Trinajstić information content (AvgIpc) is 3.63. The van der Waals surface area contributed by atoms with Crippen molar-refractivity contribution in [1.29, 1.82) is 0 Å². The molecule has 0 aliphatic rings. The summed E-state index contributed by atoms with van der Waals surface area (Å²) in [5.41, 5.74) is 8.65. The molecule has 3 N–H and O–H groups in total. The number of carbonyl (C=O) groups excluding carboxylic acids is 1. The molecule has 4 aromatic carbocycles. The van der Waals surface area contributed by atoms with Crippen molar-refractivity contribution in [2.45, 2.75) is 5.41 Å². The second-order valence-corrected chi connectivity index (χ2v) is 9.77. The van der Waals surface area contributed by atoms with Gasteiger partial charge in [-0.3, -0.25) is 0 Å². The van der Waals surface area contributed by atoms with Crippen LogP contribution in [0.2, 0.25) is 0 Å². The number of oxime groups is 1. The van der Waals surface area contributed by atoms with E-state index in [1.807, 2.05) is 96.4 Å². The number of aromatic nitrogens is 4. The molecule has 0 spiro atoms. The maximum Gasteiger partial charge on any atom is 0.384 e.